The number of ether oxygens (including phenoxy) is 1. The Morgan fingerprint density at radius 1 is 1.00 bits per heavy atom. The van der Waals surface area contributed by atoms with Crippen molar-refractivity contribution in [1.29, 1.82) is 0 Å². The molecule has 5 heteroatoms. The number of rotatable bonds is 10. The highest BCUT2D eigenvalue weighted by atomic mass is 32.1. The Labute approximate surface area is 184 Å². The molecule has 0 aromatic heterocycles. The van der Waals surface area contributed by atoms with Crippen LogP contribution in [0.4, 0.5) is 0 Å². The van der Waals surface area contributed by atoms with Crippen LogP contribution in [0.15, 0.2) is 65.9 Å². The van der Waals surface area contributed by atoms with Gasteiger partial charge in [0, 0.05) is 22.4 Å². The van der Waals surface area contributed by atoms with Crippen molar-refractivity contribution in [2.45, 2.75) is 52.0 Å². The van der Waals surface area contributed by atoms with Crippen LogP contribution in [0.3, 0.4) is 0 Å². The van der Waals surface area contributed by atoms with E-state index >= 15 is 0 Å². The smallest absolute Gasteiger partial charge is 0.193 e. The second-order valence-electron chi connectivity index (χ2n) is 7.57. The van der Waals surface area contributed by atoms with Crippen molar-refractivity contribution in [2.24, 2.45) is 0 Å². The number of para-hydroxylation sites is 1. The fourth-order valence-corrected chi connectivity index (χ4v) is 3.98. The van der Waals surface area contributed by atoms with Crippen molar-refractivity contribution in [3.63, 3.8) is 0 Å². The third kappa shape index (κ3) is 5.48. The quantitative estimate of drug-likeness (QED) is 0.292. The minimum absolute atomic E-state index is 0.0185. The average molecular weight is 423 g/mol. The minimum Gasteiger partial charge on any atom is -0.493 e. The fourth-order valence-electron chi connectivity index (χ4n) is 3.71. The summed E-state index contributed by atoms with van der Waals surface area (Å²) in [6.45, 7) is 4.78. The number of Topliss-reactive ketones (excluding diaryl/α,β-unsaturated/α-hetero) is 1. The van der Waals surface area contributed by atoms with E-state index in [0.717, 1.165) is 23.4 Å². The molecule has 0 aliphatic carbocycles. The lowest BCUT2D eigenvalue weighted by atomic mass is 9.89. The van der Waals surface area contributed by atoms with Crippen LogP contribution in [0.1, 0.15) is 67.9 Å². The van der Waals surface area contributed by atoms with Gasteiger partial charge in [0.25, 0.3) is 0 Å². The van der Waals surface area contributed by atoms with E-state index in [4.69, 9.17) is 17.0 Å². The lowest BCUT2D eigenvalue weighted by molar-refractivity contribution is 0.102. The maximum absolute atomic E-state index is 13.4. The highest BCUT2D eigenvalue weighted by Crippen LogP contribution is 2.34. The predicted octanol–water partition coefficient (Wildman–Crippen LogP) is 5.71. The van der Waals surface area contributed by atoms with Crippen LogP contribution in [-0.4, -0.2) is 17.5 Å². The normalized spacial score (nSPS) is 16.1. The first-order valence-corrected chi connectivity index (χ1v) is 11.1. The Bertz CT molecular complexity index is 908. The summed E-state index contributed by atoms with van der Waals surface area (Å²) < 4.78 is 6.14. The van der Waals surface area contributed by atoms with Gasteiger partial charge in [-0.3, -0.25) is 4.79 Å². The van der Waals surface area contributed by atoms with Gasteiger partial charge >= 0.3 is 0 Å². The van der Waals surface area contributed by atoms with E-state index in [1.54, 1.807) is 0 Å². The van der Waals surface area contributed by atoms with Crippen molar-refractivity contribution < 1.29 is 9.53 Å². The first-order valence-electron chi connectivity index (χ1n) is 10.7. The summed E-state index contributed by atoms with van der Waals surface area (Å²) in [5, 5.41) is 6.90. The first kappa shape index (κ1) is 22.0. The fraction of sp³-hybridized carbons (Fsp3) is 0.360. The molecular weight excluding hydrogens is 392 g/mol. The van der Waals surface area contributed by atoms with E-state index in [9.17, 15) is 4.79 Å². The monoisotopic (exact) mass is 422 g/mol. The number of hydrogen-bond acceptors (Lipinski definition) is 3. The summed E-state index contributed by atoms with van der Waals surface area (Å²) in [5.41, 5.74) is 3.01. The molecule has 3 rings (SSSR count). The van der Waals surface area contributed by atoms with E-state index < -0.39 is 0 Å². The molecule has 158 valence electrons. The molecule has 1 aliphatic heterocycles. The molecule has 1 atom stereocenters. The maximum atomic E-state index is 13.4. The summed E-state index contributed by atoms with van der Waals surface area (Å²) >= 11 is 5.40. The van der Waals surface area contributed by atoms with Crippen LogP contribution in [0, 0.1) is 0 Å². The Kier molecular flexibility index (Phi) is 8.03. The van der Waals surface area contributed by atoms with Gasteiger partial charge in [0.1, 0.15) is 5.75 Å². The first-order chi connectivity index (χ1) is 14.6. The molecule has 0 spiro atoms. The van der Waals surface area contributed by atoms with Crippen molar-refractivity contribution in [3.05, 3.63) is 77.0 Å². The Morgan fingerprint density at radius 2 is 1.70 bits per heavy atom. The second kappa shape index (κ2) is 10.9. The number of nitrogens with one attached hydrogen (secondary N) is 2. The largest absolute Gasteiger partial charge is 0.493 e. The molecule has 2 aromatic rings. The lowest BCUT2D eigenvalue weighted by Crippen LogP contribution is -2.45. The molecule has 0 fully saturated rings. The predicted molar refractivity (Wildman–Crippen MR) is 126 cm³/mol. The molecule has 2 N–H and O–H groups in total. The molecule has 0 saturated carbocycles. The van der Waals surface area contributed by atoms with Gasteiger partial charge < -0.3 is 15.4 Å². The molecule has 0 saturated heterocycles. The van der Waals surface area contributed by atoms with Crippen LogP contribution < -0.4 is 15.4 Å². The molecule has 1 aliphatic rings. The van der Waals surface area contributed by atoms with Gasteiger partial charge in [-0.1, -0.05) is 81.1 Å². The van der Waals surface area contributed by atoms with E-state index in [0.29, 0.717) is 22.9 Å². The zero-order valence-corrected chi connectivity index (χ0v) is 18.6. The van der Waals surface area contributed by atoms with Crippen LogP contribution in [0.25, 0.3) is 0 Å². The number of thiocarbonyl (C=S) groups is 1. The second-order valence-corrected chi connectivity index (χ2v) is 7.97. The molecule has 2 aromatic carbocycles. The summed E-state index contributed by atoms with van der Waals surface area (Å²) in [7, 11) is 0. The third-order valence-corrected chi connectivity index (χ3v) is 5.51. The number of ketones is 1. The molecule has 0 radical (unpaired) electrons. The van der Waals surface area contributed by atoms with Crippen molar-refractivity contribution >= 4 is 23.1 Å². The van der Waals surface area contributed by atoms with E-state index in [1.165, 1.54) is 25.7 Å². The number of carbonyl (C=O) groups is 1. The molecule has 0 bridgehead atoms. The number of unbranched alkanes of at least 4 members (excludes halogenated alkanes) is 4. The SMILES string of the molecule is CCCCCCCOc1ccccc1C1NC(=S)NC(C)=C1C(=O)c1ccccc1. The van der Waals surface area contributed by atoms with Gasteiger partial charge in [0.15, 0.2) is 10.9 Å². The van der Waals surface area contributed by atoms with E-state index in [2.05, 4.69) is 17.6 Å². The molecular formula is C25H30N2O2S. The van der Waals surface area contributed by atoms with Gasteiger partial charge in [0.05, 0.1) is 12.6 Å². The Balaban J connectivity index is 1.84. The van der Waals surface area contributed by atoms with Crippen molar-refractivity contribution in [3.8, 4) is 5.75 Å². The number of hydrogen-bond donors (Lipinski definition) is 2. The number of benzene rings is 2. The standard InChI is InChI=1S/C25H30N2O2S/c1-3-4-5-6-12-17-29-21-16-11-10-15-20(21)23-22(18(2)26-25(30)27-23)24(28)19-13-8-7-9-14-19/h7-11,13-16,23H,3-6,12,17H2,1-2H3,(H2,26,27,30). The van der Waals surface area contributed by atoms with Crippen molar-refractivity contribution in [2.75, 3.05) is 6.61 Å². The molecule has 1 heterocycles. The van der Waals surface area contributed by atoms with E-state index in [1.807, 2.05) is 61.5 Å². The van der Waals surface area contributed by atoms with Gasteiger partial charge in [0.2, 0.25) is 0 Å². The van der Waals surface area contributed by atoms with Crippen LogP contribution in [0.2, 0.25) is 0 Å². The molecule has 30 heavy (non-hydrogen) atoms. The summed E-state index contributed by atoms with van der Waals surface area (Å²) in [4.78, 5) is 13.4. The Hall–Kier alpha value is -2.66. The zero-order chi connectivity index (χ0) is 21.3. The zero-order valence-electron chi connectivity index (χ0n) is 17.7. The Morgan fingerprint density at radius 3 is 2.47 bits per heavy atom. The van der Waals surface area contributed by atoms with Crippen LogP contribution in [0.5, 0.6) is 5.75 Å². The maximum Gasteiger partial charge on any atom is 0.193 e. The molecule has 4 nitrogen and oxygen atoms in total. The minimum atomic E-state index is -0.359. The number of carbonyl (C=O) groups excluding carboxylic acids is 1. The van der Waals surface area contributed by atoms with Gasteiger partial charge in [-0.15, -0.1) is 0 Å². The summed E-state index contributed by atoms with van der Waals surface area (Å²) in [6, 6.07) is 16.9. The van der Waals surface area contributed by atoms with Gasteiger partial charge in [-0.25, -0.2) is 0 Å². The topological polar surface area (TPSA) is 50.4 Å². The van der Waals surface area contributed by atoms with Gasteiger partial charge in [-0.2, -0.15) is 0 Å². The highest BCUT2D eigenvalue weighted by Gasteiger charge is 2.32. The van der Waals surface area contributed by atoms with Crippen LogP contribution in [-0.2, 0) is 0 Å². The number of allylic oxidation sites excluding steroid dienone is 1. The highest BCUT2D eigenvalue weighted by molar-refractivity contribution is 7.80. The molecule has 1 unspecified atom stereocenters. The molecule has 0 amide bonds. The summed E-state index contributed by atoms with van der Waals surface area (Å²) in [6.07, 6.45) is 5.93. The van der Waals surface area contributed by atoms with Crippen LogP contribution >= 0.6 is 12.2 Å². The average Bonchev–Trinajstić information content (AvgIpc) is 2.76. The third-order valence-electron chi connectivity index (χ3n) is 5.29. The van der Waals surface area contributed by atoms with Crippen molar-refractivity contribution in [1.82, 2.24) is 10.6 Å². The van der Waals surface area contributed by atoms with Gasteiger partial charge in [-0.05, 0) is 31.6 Å². The van der Waals surface area contributed by atoms with E-state index in [-0.39, 0.29) is 11.8 Å². The summed E-state index contributed by atoms with van der Waals surface area (Å²) in [5.74, 6) is 0.774. The lowest BCUT2D eigenvalue weighted by Gasteiger charge is -2.31.